The molecule has 2 saturated carbocycles. The van der Waals surface area contributed by atoms with Gasteiger partial charge in [0.15, 0.2) is 0 Å². The molecule has 3 fully saturated rings. The van der Waals surface area contributed by atoms with Crippen LogP contribution in [-0.4, -0.2) is 23.3 Å². The number of hydrogen-bond acceptors (Lipinski definition) is 3. The van der Waals surface area contributed by atoms with Crippen molar-refractivity contribution in [3.8, 4) is 0 Å². The van der Waals surface area contributed by atoms with Gasteiger partial charge in [-0.2, -0.15) is 0 Å². The Hall–Kier alpha value is -0.570. The van der Waals surface area contributed by atoms with Gasteiger partial charge in [-0.3, -0.25) is 4.79 Å². The summed E-state index contributed by atoms with van der Waals surface area (Å²) in [5.74, 6) is 0.761. The van der Waals surface area contributed by atoms with Crippen LogP contribution in [0.5, 0.6) is 0 Å². The molecule has 1 saturated heterocycles. The highest BCUT2D eigenvalue weighted by molar-refractivity contribution is 5.76. The SMILES string of the molecule is O=C1O[C@H]2[C@H](O)[C@H]3C[C@@H]2[C@@H]1C3. The Kier molecular flexibility index (Phi) is 0.876. The topological polar surface area (TPSA) is 46.5 Å². The van der Waals surface area contributed by atoms with Crippen molar-refractivity contribution >= 4 is 5.97 Å². The number of fused-ring (bicyclic) bond motifs is 1. The Bertz CT molecular complexity index is 225. The van der Waals surface area contributed by atoms with E-state index in [-0.39, 0.29) is 24.1 Å². The zero-order valence-corrected chi connectivity index (χ0v) is 6.06. The van der Waals surface area contributed by atoms with Crippen LogP contribution in [0.1, 0.15) is 12.8 Å². The summed E-state index contributed by atoms with van der Waals surface area (Å²) in [6.45, 7) is 0. The maximum absolute atomic E-state index is 11.1. The third-order valence-corrected chi connectivity index (χ3v) is 3.44. The number of ether oxygens (including phenoxy) is 1. The van der Waals surface area contributed by atoms with Crippen molar-refractivity contribution in [2.24, 2.45) is 17.8 Å². The third kappa shape index (κ3) is 0.527. The highest BCUT2D eigenvalue weighted by atomic mass is 16.6. The molecule has 2 bridgehead atoms. The highest BCUT2D eigenvalue weighted by Gasteiger charge is 2.61. The fraction of sp³-hybridized carbons (Fsp3) is 0.875. The molecule has 0 amide bonds. The zero-order valence-electron chi connectivity index (χ0n) is 6.06. The number of carbonyl (C=O) groups excluding carboxylic acids is 1. The number of esters is 1. The lowest BCUT2D eigenvalue weighted by molar-refractivity contribution is -0.145. The smallest absolute Gasteiger partial charge is 0.309 e. The molecule has 0 aromatic heterocycles. The normalized spacial score (nSPS) is 58.6. The summed E-state index contributed by atoms with van der Waals surface area (Å²) < 4.78 is 5.06. The van der Waals surface area contributed by atoms with Crippen LogP contribution < -0.4 is 0 Å². The number of aliphatic hydroxyl groups excluding tert-OH is 1. The molecule has 0 aromatic carbocycles. The van der Waals surface area contributed by atoms with Crippen LogP contribution in [0, 0.1) is 17.8 Å². The summed E-state index contributed by atoms with van der Waals surface area (Å²) in [5, 5.41) is 9.55. The van der Waals surface area contributed by atoms with Gasteiger partial charge in [-0.05, 0) is 18.8 Å². The molecule has 11 heavy (non-hydrogen) atoms. The molecule has 0 unspecified atom stereocenters. The van der Waals surface area contributed by atoms with Crippen LogP contribution in [0.15, 0.2) is 0 Å². The second-order valence-corrected chi connectivity index (χ2v) is 3.89. The van der Waals surface area contributed by atoms with Gasteiger partial charge in [-0.25, -0.2) is 0 Å². The number of rotatable bonds is 0. The van der Waals surface area contributed by atoms with E-state index < -0.39 is 0 Å². The van der Waals surface area contributed by atoms with E-state index in [1.807, 2.05) is 0 Å². The fourth-order valence-corrected chi connectivity index (χ4v) is 2.92. The fourth-order valence-electron chi connectivity index (χ4n) is 2.92. The van der Waals surface area contributed by atoms with E-state index >= 15 is 0 Å². The first kappa shape index (κ1) is 6.00. The molecule has 3 aliphatic rings. The Labute approximate surface area is 64.3 Å². The van der Waals surface area contributed by atoms with Gasteiger partial charge in [0.2, 0.25) is 0 Å². The van der Waals surface area contributed by atoms with Gasteiger partial charge < -0.3 is 9.84 Å². The van der Waals surface area contributed by atoms with E-state index in [0.29, 0.717) is 11.8 Å². The minimum Gasteiger partial charge on any atom is -0.459 e. The average Bonchev–Trinajstić information content (AvgIpc) is 2.53. The van der Waals surface area contributed by atoms with E-state index in [4.69, 9.17) is 4.74 Å². The highest BCUT2D eigenvalue weighted by Crippen LogP contribution is 2.54. The summed E-state index contributed by atoms with van der Waals surface area (Å²) in [6, 6.07) is 0. The Morgan fingerprint density at radius 1 is 1.45 bits per heavy atom. The molecule has 0 radical (unpaired) electrons. The first-order chi connectivity index (χ1) is 5.27. The summed E-state index contributed by atoms with van der Waals surface area (Å²) in [7, 11) is 0. The molecule has 3 nitrogen and oxygen atoms in total. The van der Waals surface area contributed by atoms with Crippen LogP contribution in [0.4, 0.5) is 0 Å². The van der Waals surface area contributed by atoms with Crippen molar-refractivity contribution in [2.75, 3.05) is 0 Å². The maximum Gasteiger partial charge on any atom is 0.309 e. The van der Waals surface area contributed by atoms with E-state index in [2.05, 4.69) is 0 Å². The van der Waals surface area contributed by atoms with Crippen molar-refractivity contribution in [1.29, 1.82) is 0 Å². The number of hydrogen-bond donors (Lipinski definition) is 1. The molecule has 3 heteroatoms. The molecule has 1 aliphatic heterocycles. The van der Waals surface area contributed by atoms with Crippen LogP contribution in [0.2, 0.25) is 0 Å². The van der Waals surface area contributed by atoms with Gasteiger partial charge in [0, 0.05) is 5.92 Å². The maximum atomic E-state index is 11.1. The third-order valence-electron chi connectivity index (χ3n) is 3.44. The second kappa shape index (κ2) is 1.61. The zero-order chi connectivity index (χ0) is 7.59. The molecule has 1 N–H and O–H groups in total. The Morgan fingerprint density at radius 2 is 2.27 bits per heavy atom. The molecule has 5 atom stereocenters. The molecule has 2 aliphatic carbocycles. The van der Waals surface area contributed by atoms with Gasteiger partial charge >= 0.3 is 5.97 Å². The van der Waals surface area contributed by atoms with E-state index in [1.165, 1.54) is 0 Å². The average molecular weight is 154 g/mol. The van der Waals surface area contributed by atoms with Gasteiger partial charge in [0.05, 0.1) is 12.0 Å². The molecule has 0 spiro atoms. The van der Waals surface area contributed by atoms with Gasteiger partial charge in [0.25, 0.3) is 0 Å². The van der Waals surface area contributed by atoms with Crippen molar-refractivity contribution in [2.45, 2.75) is 25.0 Å². The molecule has 60 valence electrons. The Morgan fingerprint density at radius 3 is 2.91 bits per heavy atom. The lowest BCUT2D eigenvalue weighted by Crippen LogP contribution is -2.31. The lowest BCUT2D eigenvalue weighted by atomic mass is 9.88. The predicted molar refractivity (Wildman–Crippen MR) is 35.6 cm³/mol. The van der Waals surface area contributed by atoms with Crippen molar-refractivity contribution in [3.63, 3.8) is 0 Å². The first-order valence-corrected chi connectivity index (χ1v) is 4.16. The van der Waals surface area contributed by atoms with Crippen LogP contribution in [0.25, 0.3) is 0 Å². The number of aliphatic hydroxyl groups is 1. The molecule has 0 aromatic rings. The van der Waals surface area contributed by atoms with Crippen LogP contribution in [-0.2, 0) is 9.53 Å². The van der Waals surface area contributed by atoms with E-state index in [1.54, 1.807) is 0 Å². The second-order valence-electron chi connectivity index (χ2n) is 3.89. The van der Waals surface area contributed by atoms with Gasteiger partial charge in [-0.15, -0.1) is 0 Å². The van der Waals surface area contributed by atoms with Crippen molar-refractivity contribution < 1.29 is 14.6 Å². The van der Waals surface area contributed by atoms with Crippen LogP contribution >= 0.6 is 0 Å². The quantitative estimate of drug-likeness (QED) is 0.497. The first-order valence-electron chi connectivity index (χ1n) is 4.16. The Balaban J connectivity index is 2.04. The van der Waals surface area contributed by atoms with Crippen LogP contribution in [0.3, 0.4) is 0 Å². The predicted octanol–water partition coefficient (Wildman–Crippen LogP) is -0.0713. The lowest BCUT2D eigenvalue weighted by Gasteiger charge is -2.19. The van der Waals surface area contributed by atoms with E-state index in [0.717, 1.165) is 12.8 Å². The summed E-state index contributed by atoms with van der Waals surface area (Å²) in [6.07, 6.45) is 1.36. The minimum absolute atomic E-state index is 0.0703. The van der Waals surface area contributed by atoms with E-state index in [9.17, 15) is 9.90 Å². The largest absolute Gasteiger partial charge is 0.459 e. The van der Waals surface area contributed by atoms with Gasteiger partial charge in [-0.1, -0.05) is 0 Å². The standard InChI is InChI=1S/C8H10O3/c9-6-3-1-4-5(2-3)8(10)11-7(4)6/h3-7,9H,1-2H2/t3-,4+,5-,6+,7+/m0/s1. The minimum atomic E-state index is -0.359. The summed E-state index contributed by atoms with van der Waals surface area (Å²) in [5.41, 5.74) is 0. The van der Waals surface area contributed by atoms with Crippen molar-refractivity contribution in [3.05, 3.63) is 0 Å². The molecule has 1 heterocycles. The molecular formula is C8H10O3. The molecular weight excluding hydrogens is 144 g/mol. The summed E-state index contributed by atoms with van der Waals surface area (Å²) in [4.78, 5) is 11.1. The van der Waals surface area contributed by atoms with Crippen molar-refractivity contribution in [1.82, 2.24) is 0 Å². The number of carbonyl (C=O) groups is 1. The monoisotopic (exact) mass is 154 g/mol. The van der Waals surface area contributed by atoms with Gasteiger partial charge in [0.1, 0.15) is 6.10 Å². The summed E-state index contributed by atoms with van der Waals surface area (Å²) >= 11 is 0. The molecule has 3 rings (SSSR count).